The number of aryl methyl sites for hydroxylation is 3. The summed E-state index contributed by atoms with van der Waals surface area (Å²) in [6.45, 7) is 8.10. The van der Waals surface area contributed by atoms with Crippen molar-refractivity contribution in [3.8, 4) is 5.75 Å². The molecule has 3 aromatic carbocycles. The number of hydrogen-bond donors (Lipinski definition) is 2. The zero-order chi connectivity index (χ0) is 24.7. The first-order valence-corrected chi connectivity index (χ1v) is 12.9. The molecule has 7 heteroatoms. The highest BCUT2D eigenvalue weighted by atomic mass is 32.2. The van der Waals surface area contributed by atoms with E-state index in [4.69, 9.17) is 4.74 Å². The average Bonchev–Trinajstić information content (AvgIpc) is 2.81. The van der Waals surface area contributed by atoms with Gasteiger partial charge in [0.05, 0.1) is 11.5 Å². The topological polar surface area (TPSA) is 84.5 Å². The number of ether oxygens (including phenoxy) is 1. The van der Waals surface area contributed by atoms with Gasteiger partial charge in [-0.25, -0.2) is 8.42 Å². The summed E-state index contributed by atoms with van der Waals surface area (Å²) in [5.74, 6) is 0.228. The number of carbonyl (C=O) groups is 1. The van der Waals surface area contributed by atoms with Crippen molar-refractivity contribution in [2.45, 2.75) is 51.5 Å². The van der Waals surface area contributed by atoms with E-state index in [2.05, 4.69) is 10.0 Å². The molecule has 3 aromatic rings. The molecule has 0 saturated heterocycles. The van der Waals surface area contributed by atoms with Crippen LogP contribution in [-0.2, 0) is 27.7 Å². The van der Waals surface area contributed by atoms with Crippen molar-refractivity contribution in [2.75, 3.05) is 11.9 Å². The molecular weight excluding hydrogens is 448 g/mol. The van der Waals surface area contributed by atoms with E-state index in [1.807, 2.05) is 69.3 Å². The molecule has 0 spiro atoms. The minimum absolute atomic E-state index is 0.0875. The van der Waals surface area contributed by atoms with Crippen LogP contribution in [-0.4, -0.2) is 27.0 Å². The van der Waals surface area contributed by atoms with Gasteiger partial charge in [-0.15, -0.1) is 0 Å². The Balaban J connectivity index is 1.92. The number of rotatable bonds is 10. The van der Waals surface area contributed by atoms with E-state index in [0.29, 0.717) is 17.9 Å². The van der Waals surface area contributed by atoms with Gasteiger partial charge in [0, 0.05) is 5.69 Å². The number of carbonyl (C=O) groups excluding carboxylic acids is 1. The van der Waals surface area contributed by atoms with Crippen LogP contribution in [0.2, 0.25) is 0 Å². The fraction of sp³-hybridized carbons (Fsp3) is 0.296. The maximum Gasteiger partial charge on any atom is 0.242 e. The van der Waals surface area contributed by atoms with Crippen molar-refractivity contribution < 1.29 is 17.9 Å². The molecule has 2 N–H and O–H groups in total. The minimum Gasteiger partial charge on any atom is -0.494 e. The Morgan fingerprint density at radius 3 is 2.32 bits per heavy atom. The first-order valence-electron chi connectivity index (χ1n) is 11.4. The Bertz CT molecular complexity index is 1240. The number of para-hydroxylation sites is 1. The summed E-state index contributed by atoms with van der Waals surface area (Å²) >= 11 is 0. The van der Waals surface area contributed by atoms with E-state index in [1.165, 1.54) is 6.07 Å². The second-order valence-electron chi connectivity index (χ2n) is 8.18. The van der Waals surface area contributed by atoms with E-state index >= 15 is 0 Å². The lowest BCUT2D eigenvalue weighted by molar-refractivity contribution is -0.117. The number of hydrogen-bond acceptors (Lipinski definition) is 4. The maximum atomic E-state index is 13.4. The van der Waals surface area contributed by atoms with E-state index in [0.717, 1.165) is 28.8 Å². The zero-order valence-electron chi connectivity index (χ0n) is 20.1. The minimum atomic E-state index is -3.96. The quantitative estimate of drug-likeness (QED) is 0.437. The average molecular weight is 481 g/mol. The van der Waals surface area contributed by atoms with Crippen LogP contribution in [0.25, 0.3) is 0 Å². The highest BCUT2D eigenvalue weighted by Gasteiger charge is 2.27. The summed E-state index contributed by atoms with van der Waals surface area (Å²) in [4.78, 5) is 13.5. The van der Waals surface area contributed by atoms with Gasteiger partial charge in [-0.1, -0.05) is 55.5 Å². The molecule has 0 bridgehead atoms. The lowest BCUT2D eigenvalue weighted by atomic mass is 10.0. The zero-order valence-corrected chi connectivity index (χ0v) is 20.9. The number of sulfonamides is 1. The van der Waals surface area contributed by atoms with Crippen molar-refractivity contribution in [1.29, 1.82) is 0 Å². The molecule has 6 nitrogen and oxygen atoms in total. The highest BCUT2D eigenvalue weighted by Crippen LogP contribution is 2.24. The largest absolute Gasteiger partial charge is 0.494 e. The Morgan fingerprint density at radius 2 is 1.68 bits per heavy atom. The molecule has 0 aliphatic carbocycles. The smallest absolute Gasteiger partial charge is 0.242 e. The monoisotopic (exact) mass is 480 g/mol. The number of amides is 1. The molecule has 0 aromatic heterocycles. The van der Waals surface area contributed by atoms with Crippen molar-refractivity contribution >= 4 is 21.6 Å². The molecule has 180 valence electrons. The maximum absolute atomic E-state index is 13.4. The van der Waals surface area contributed by atoms with Crippen LogP contribution in [0.1, 0.15) is 36.1 Å². The lowest BCUT2D eigenvalue weighted by Gasteiger charge is -2.21. The van der Waals surface area contributed by atoms with Gasteiger partial charge in [0.1, 0.15) is 11.8 Å². The third kappa shape index (κ3) is 6.24. The Labute approximate surface area is 202 Å². The van der Waals surface area contributed by atoms with Gasteiger partial charge in [0.2, 0.25) is 15.9 Å². The molecule has 34 heavy (non-hydrogen) atoms. The van der Waals surface area contributed by atoms with Gasteiger partial charge in [0.15, 0.2) is 0 Å². The molecule has 0 aliphatic heterocycles. The fourth-order valence-corrected chi connectivity index (χ4v) is 5.09. The SMILES string of the molecule is CCOc1ccc(S(=O)(=O)N[C@@H](Cc2ccccc2)C(=O)Nc2c(C)cccc2CC)cc1C. The van der Waals surface area contributed by atoms with Crippen LogP contribution in [0.3, 0.4) is 0 Å². The third-order valence-corrected chi connectivity index (χ3v) is 7.11. The van der Waals surface area contributed by atoms with Crippen LogP contribution in [0.5, 0.6) is 5.75 Å². The van der Waals surface area contributed by atoms with Crippen LogP contribution >= 0.6 is 0 Å². The first-order chi connectivity index (χ1) is 16.2. The van der Waals surface area contributed by atoms with Crippen LogP contribution in [0.4, 0.5) is 5.69 Å². The normalized spacial score (nSPS) is 12.2. The Morgan fingerprint density at radius 1 is 0.941 bits per heavy atom. The van der Waals surface area contributed by atoms with Gasteiger partial charge in [-0.05, 0) is 74.1 Å². The predicted molar refractivity (Wildman–Crippen MR) is 136 cm³/mol. The summed E-state index contributed by atoms with van der Waals surface area (Å²) in [6, 6.07) is 18.9. The number of anilines is 1. The van der Waals surface area contributed by atoms with Gasteiger partial charge in [-0.2, -0.15) is 4.72 Å². The summed E-state index contributed by atoms with van der Waals surface area (Å²) in [5.41, 5.74) is 4.21. The molecule has 3 rings (SSSR count). The number of nitrogens with one attached hydrogen (secondary N) is 2. The molecule has 0 fully saturated rings. The van der Waals surface area contributed by atoms with Crippen LogP contribution in [0, 0.1) is 13.8 Å². The van der Waals surface area contributed by atoms with Gasteiger partial charge in [0.25, 0.3) is 0 Å². The molecule has 0 unspecified atom stereocenters. The first kappa shape index (κ1) is 25.5. The highest BCUT2D eigenvalue weighted by molar-refractivity contribution is 7.89. The second-order valence-corrected chi connectivity index (χ2v) is 9.89. The van der Waals surface area contributed by atoms with Crippen molar-refractivity contribution in [2.24, 2.45) is 0 Å². The third-order valence-electron chi connectivity index (χ3n) is 5.64. The van der Waals surface area contributed by atoms with E-state index < -0.39 is 22.0 Å². The van der Waals surface area contributed by atoms with Crippen molar-refractivity contribution in [1.82, 2.24) is 4.72 Å². The Kier molecular flexibility index (Phi) is 8.47. The molecule has 0 saturated carbocycles. The van der Waals surface area contributed by atoms with Crippen molar-refractivity contribution in [3.63, 3.8) is 0 Å². The molecule has 1 atom stereocenters. The standard InChI is InChI=1S/C27H32N2O4S/c1-5-22-14-10-11-19(3)26(22)28-27(30)24(18-21-12-8-7-9-13-21)29-34(31,32)23-15-16-25(33-6-2)20(4)17-23/h7-17,24,29H,5-6,18H2,1-4H3,(H,28,30)/t24-/m0/s1. The van der Waals surface area contributed by atoms with Gasteiger partial charge >= 0.3 is 0 Å². The van der Waals surface area contributed by atoms with Crippen LogP contribution in [0.15, 0.2) is 71.6 Å². The number of benzene rings is 3. The molecule has 0 radical (unpaired) electrons. The van der Waals surface area contributed by atoms with E-state index in [1.54, 1.807) is 19.1 Å². The van der Waals surface area contributed by atoms with E-state index in [-0.39, 0.29) is 11.3 Å². The Hall–Kier alpha value is -3.16. The second kappa shape index (κ2) is 11.3. The molecular formula is C27H32N2O4S. The van der Waals surface area contributed by atoms with Crippen LogP contribution < -0.4 is 14.8 Å². The summed E-state index contributed by atoms with van der Waals surface area (Å²) in [6.07, 6.45) is 0.965. The summed E-state index contributed by atoms with van der Waals surface area (Å²) in [7, 11) is -3.96. The van der Waals surface area contributed by atoms with Crippen molar-refractivity contribution in [3.05, 3.63) is 89.0 Å². The summed E-state index contributed by atoms with van der Waals surface area (Å²) in [5, 5.41) is 2.98. The lowest BCUT2D eigenvalue weighted by Crippen LogP contribution is -2.45. The predicted octanol–water partition coefficient (Wildman–Crippen LogP) is 4.79. The summed E-state index contributed by atoms with van der Waals surface area (Å²) < 4.78 is 34.7. The van der Waals surface area contributed by atoms with Gasteiger partial charge in [-0.3, -0.25) is 4.79 Å². The molecule has 1 amide bonds. The molecule has 0 heterocycles. The van der Waals surface area contributed by atoms with E-state index in [9.17, 15) is 13.2 Å². The van der Waals surface area contributed by atoms with Gasteiger partial charge < -0.3 is 10.1 Å². The fourth-order valence-electron chi connectivity index (χ4n) is 3.81. The molecule has 0 aliphatic rings.